The molecule has 4 saturated heterocycles. The number of hydrogen-bond donors (Lipinski definition) is 1. The Kier molecular flexibility index (Phi) is 10.8. The first kappa shape index (κ1) is 42.1. The second-order valence-electron chi connectivity index (χ2n) is 18.7. The number of nitriles is 1. The van der Waals surface area contributed by atoms with Gasteiger partial charge in [-0.25, -0.2) is 22.8 Å². The fourth-order valence-corrected chi connectivity index (χ4v) is 10.8. The lowest BCUT2D eigenvalue weighted by Crippen LogP contribution is -2.48. The number of rotatable bonds is 6. The van der Waals surface area contributed by atoms with E-state index in [1.54, 1.807) is 31.7 Å². The van der Waals surface area contributed by atoms with E-state index in [-0.39, 0.29) is 66.4 Å². The van der Waals surface area contributed by atoms with E-state index < -0.39 is 40.6 Å². The number of nitrogens with zero attached hydrogens (tertiary/aromatic N) is 6. The molecule has 4 fully saturated rings. The topological polar surface area (TPSA) is 133 Å². The average molecular weight is 868 g/mol. The van der Waals surface area contributed by atoms with Crippen molar-refractivity contribution in [1.29, 1.82) is 5.26 Å². The zero-order chi connectivity index (χ0) is 42.9. The highest BCUT2D eigenvalue weighted by molar-refractivity contribution is 7.23. The molecule has 6 heterocycles. The lowest BCUT2D eigenvalue weighted by atomic mass is 9.79. The predicted octanol–water partition coefficient (Wildman–Crippen LogP) is 9.84. The first-order valence-corrected chi connectivity index (χ1v) is 21.6. The van der Waals surface area contributed by atoms with Crippen LogP contribution in [0.4, 0.5) is 33.6 Å². The number of carbonyl (C=O) groups is 2. The lowest BCUT2D eigenvalue weighted by molar-refractivity contribution is 0.00711. The van der Waals surface area contributed by atoms with Crippen LogP contribution in [0.3, 0.4) is 0 Å². The molecule has 12 nitrogen and oxygen atoms in total. The van der Waals surface area contributed by atoms with Crippen LogP contribution in [0.15, 0.2) is 18.2 Å². The number of carbonyl (C=O) groups excluding carboxylic acids is 2. The van der Waals surface area contributed by atoms with Gasteiger partial charge in [0.15, 0.2) is 5.82 Å². The van der Waals surface area contributed by atoms with Crippen molar-refractivity contribution >= 4 is 66.9 Å². The number of hydrogen-bond acceptors (Lipinski definition) is 11. The number of aromatic nitrogens is 2. The maximum Gasteiger partial charge on any atom is 0.412 e. The molecule has 2 aromatic carbocycles. The largest absolute Gasteiger partial charge is 0.461 e. The molecule has 0 radical (unpaired) electrons. The van der Waals surface area contributed by atoms with Gasteiger partial charge in [-0.05, 0) is 97.9 Å². The summed E-state index contributed by atoms with van der Waals surface area (Å²) in [6, 6.07) is 6.06. The Hall–Kier alpha value is -4.59. The number of fused-ring (bicyclic) bond motifs is 3. The summed E-state index contributed by atoms with van der Waals surface area (Å²) >= 11 is 7.85. The zero-order valence-corrected chi connectivity index (χ0v) is 36.2. The minimum atomic E-state index is -0.983. The number of amides is 2. The van der Waals surface area contributed by atoms with Gasteiger partial charge in [-0.3, -0.25) is 10.2 Å². The molecule has 4 aliphatic heterocycles. The van der Waals surface area contributed by atoms with Crippen molar-refractivity contribution in [2.75, 3.05) is 56.1 Å². The van der Waals surface area contributed by atoms with Crippen LogP contribution in [-0.2, 0) is 9.47 Å². The molecule has 60 heavy (non-hydrogen) atoms. The minimum absolute atomic E-state index is 0.0106. The van der Waals surface area contributed by atoms with E-state index in [9.17, 15) is 19.2 Å². The molecular weight excluding hydrogens is 819 g/mol. The molecule has 1 N–H and O–H groups in total. The molecule has 0 saturated carbocycles. The van der Waals surface area contributed by atoms with Crippen LogP contribution in [0.2, 0.25) is 5.02 Å². The van der Waals surface area contributed by atoms with Gasteiger partial charge in [-0.2, -0.15) is 15.2 Å². The highest BCUT2D eigenvalue weighted by Crippen LogP contribution is 2.48. The summed E-state index contributed by atoms with van der Waals surface area (Å²) < 4.78 is 65.2. The van der Waals surface area contributed by atoms with Crippen molar-refractivity contribution in [1.82, 2.24) is 19.8 Å². The van der Waals surface area contributed by atoms with Crippen LogP contribution in [0.25, 0.3) is 32.1 Å². The summed E-state index contributed by atoms with van der Waals surface area (Å²) in [6.07, 6.45) is 2.18. The Labute approximate surface area is 355 Å². The molecular formula is C43H49ClF3N7O5S. The maximum atomic E-state index is 17.5. The number of alkyl halides is 1. The van der Waals surface area contributed by atoms with Crippen LogP contribution in [-0.4, -0.2) is 101 Å². The van der Waals surface area contributed by atoms with Crippen LogP contribution >= 0.6 is 22.9 Å². The quantitative estimate of drug-likeness (QED) is 0.200. The molecule has 4 aliphatic rings. The molecule has 1 unspecified atom stereocenters. The monoisotopic (exact) mass is 867 g/mol. The van der Waals surface area contributed by atoms with Gasteiger partial charge in [0.25, 0.3) is 0 Å². The van der Waals surface area contributed by atoms with Gasteiger partial charge in [-0.1, -0.05) is 17.7 Å². The Morgan fingerprint density at radius 2 is 1.78 bits per heavy atom. The Bertz CT molecular complexity index is 2430. The van der Waals surface area contributed by atoms with Gasteiger partial charge < -0.3 is 24.0 Å². The molecule has 8 rings (SSSR count). The number of likely N-dealkylation sites (tertiary alicyclic amines) is 1. The first-order chi connectivity index (χ1) is 28.3. The third-order valence-corrected chi connectivity index (χ3v) is 13.3. The molecule has 320 valence electrons. The van der Waals surface area contributed by atoms with E-state index in [2.05, 4.69) is 26.2 Å². The predicted molar refractivity (Wildman–Crippen MR) is 225 cm³/mol. The lowest BCUT2D eigenvalue weighted by Gasteiger charge is -2.40. The number of benzene rings is 2. The molecule has 3 atom stereocenters. The van der Waals surface area contributed by atoms with Crippen LogP contribution < -0.4 is 15.0 Å². The van der Waals surface area contributed by atoms with Gasteiger partial charge in [-0.15, -0.1) is 11.3 Å². The van der Waals surface area contributed by atoms with E-state index in [1.807, 2.05) is 20.8 Å². The Morgan fingerprint density at radius 3 is 2.52 bits per heavy atom. The van der Waals surface area contributed by atoms with E-state index in [1.165, 1.54) is 6.07 Å². The van der Waals surface area contributed by atoms with E-state index >= 15 is 8.78 Å². The summed E-state index contributed by atoms with van der Waals surface area (Å²) in [4.78, 5) is 41.4. The van der Waals surface area contributed by atoms with Crippen LogP contribution in [0.5, 0.6) is 6.01 Å². The summed E-state index contributed by atoms with van der Waals surface area (Å²) in [5, 5.41) is 13.3. The van der Waals surface area contributed by atoms with Gasteiger partial charge in [0.05, 0.1) is 20.8 Å². The normalized spacial score (nSPS) is 23.4. The molecule has 1 spiro atoms. The summed E-state index contributed by atoms with van der Waals surface area (Å²) in [5.41, 5.74) is -2.49. The smallest absolute Gasteiger partial charge is 0.412 e. The van der Waals surface area contributed by atoms with Gasteiger partial charge in [0.1, 0.15) is 52.2 Å². The van der Waals surface area contributed by atoms with Gasteiger partial charge >= 0.3 is 18.2 Å². The zero-order valence-electron chi connectivity index (χ0n) is 34.6. The van der Waals surface area contributed by atoms with Crippen molar-refractivity contribution in [2.45, 2.75) is 103 Å². The van der Waals surface area contributed by atoms with Crippen molar-refractivity contribution in [2.24, 2.45) is 5.41 Å². The number of nitrogens with one attached hydrogen (secondary N) is 1. The van der Waals surface area contributed by atoms with Crippen molar-refractivity contribution < 1.29 is 37.0 Å². The standard InChI is InChI=1S/C43H49ClF3N7O5S/c1-40(2,3)58-38(55)51-36-27(19-48)30-25(9-10-29(46)34(30)60-36)31-28(44)17-26-33(32(31)47)49-37(57-23-43-12-8-15-54(43)20-24(45)18-43)50-35(26)52-16-13-42(21-52)11-7-14-53(22-42)39(56)59-41(4,5)6/h9-10,17,24H,7-8,11-16,18,20-23H2,1-6H3,(H,51,55)/t24-,42?,43+/m1/s1. The fraction of sp³-hybridized carbons (Fsp3) is 0.558. The van der Waals surface area contributed by atoms with Crippen molar-refractivity contribution in [3.63, 3.8) is 0 Å². The average Bonchev–Trinajstić information content (AvgIpc) is 3.91. The summed E-state index contributed by atoms with van der Waals surface area (Å²) in [7, 11) is 0. The first-order valence-electron chi connectivity index (χ1n) is 20.4. The number of piperidine rings is 1. The Morgan fingerprint density at radius 1 is 1.03 bits per heavy atom. The SMILES string of the molecule is CC(C)(C)OC(=O)Nc1sc2c(F)ccc(-c3c(Cl)cc4c(N5CCC6(CCCN(C(=O)OC(C)(C)C)C6)C5)nc(OC[C@@]56CCCN5C[C@H](F)C6)nc4c3F)c2c1C#N. The molecule has 2 amide bonds. The number of anilines is 2. The third kappa shape index (κ3) is 8.00. The molecule has 4 aromatic rings. The van der Waals surface area contributed by atoms with E-state index in [4.69, 9.17) is 30.8 Å². The molecule has 0 bridgehead atoms. The maximum absolute atomic E-state index is 17.5. The Balaban J connectivity index is 1.21. The molecule has 17 heteroatoms. The van der Waals surface area contributed by atoms with Crippen LogP contribution in [0, 0.1) is 28.4 Å². The fourth-order valence-electron chi connectivity index (χ4n) is 9.47. The number of ether oxygens (including phenoxy) is 3. The van der Waals surface area contributed by atoms with Gasteiger partial charge in [0.2, 0.25) is 0 Å². The van der Waals surface area contributed by atoms with Gasteiger partial charge in [0, 0.05) is 60.9 Å². The van der Waals surface area contributed by atoms with Crippen molar-refractivity contribution in [3.05, 3.63) is 40.4 Å². The van der Waals surface area contributed by atoms with E-state index in [0.29, 0.717) is 50.3 Å². The molecule has 2 aromatic heterocycles. The van der Waals surface area contributed by atoms with Crippen LogP contribution in [0.1, 0.15) is 85.6 Å². The second kappa shape index (κ2) is 15.4. The summed E-state index contributed by atoms with van der Waals surface area (Å²) in [6.45, 7) is 13.9. The highest BCUT2D eigenvalue weighted by atomic mass is 35.5. The van der Waals surface area contributed by atoms with Crippen molar-refractivity contribution in [3.8, 4) is 23.2 Å². The molecule has 0 aliphatic carbocycles. The second-order valence-corrected chi connectivity index (χ2v) is 20.1. The minimum Gasteiger partial charge on any atom is -0.461 e. The number of halogens is 4. The summed E-state index contributed by atoms with van der Waals surface area (Å²) in [5.74, 6) is -1.13. The third-order valence-electron chi connectivity index (χ3n) is 11.9. The van der Waals surface area contributed by atoms with E-state index in [0.717, 1.165) is 56.1 Å². The number of thiophene rings is 1. The highest BCUT2D eigenvalue weighted by Gasteiger charge is 2.50.